The average Bonchev–Trinajstić information content (AvgIpc) is 3.07. The van der Waals surface area contributed by atoms with Gasteiger partial charge in [0.25, 0.3) is 0 Å². The van der Waals surface area contributed by atoms with Gasteiger partial charge in [0.05, 0.1) is 24.5 Å². The van der Waals surface area contributed by atoms with E-state index < -0.39 is 6.04 Å². The number of ether oxygens (including phenoxy) is 1. The summed E-state index contributed by atoms with van der Waals surface area (Å²) in [5, 5.41) is 4.77. The zero-order valence-corrected chi connectivity index (χ0v) is 23.7. The van der Waals surface area contributed by atoms with Crippen LogP contribution in [0.5, 0.6) is 5.75 Å². The van der Waals surface area contributed by atoms with Crippen LogP contribution in [0.2, 0.25) is 10.0 Å². The summed E-state index contributed by atoms with van der Waals surface area (Å²) >= 11 is 12.6. The van der Waals surface area contributed by atoms with E-state index in [1.165, 1.54) is 0 Å². The molecule has 0 saturated heterocycles. The number of unbranched alkanes of at least 4 members (excludes halogenated alkanes) is 2. The molecule has 0 radical (unpaired) electrons. The Kier molecular flexibility index (Phi) is 8.29. The Morgan fingerprint density at radius 1 is 0.949 bits per heavy atom. The highest BCUT2D eigenvalue weighted by Crippen LogP contribution is 2.48. The fourth-order valence-electron chi connectivity index (χ4n) is 5.61. The van der Waals surface area contributed by atoms with Gasteiger partial charge in [-0.05, 0) is 72.4 Å². The standard InChI is InChI=1S/C32H32Cl2N2O3/c1-3-4-5-6-30(38)36-28-16-13-24(34)19-26(28)35-27-17-22(20-7-11-23(33)12-8-20)18-29(37)31(27)32(36)21-9-14-25(39-2)15-10-21/h7-16,19,22,32,35H,3-6,17-18H2,1-2H3/t22-,32+/m1/s1. The summed E-state index contributed by atoms with van der Waals surface area (Å²) in [7, 11) is 1.62. The zero-order valence-electron chi connectivity index (χ0n) is 22.2. The largest absolute Gasteiger partial charge is 0.497 e. The Labute approximate surface area is 239 Å². The van der Waals surface area contributed by atoms with Gasteiger partial charge >= 0.3 is 0 Å². The molecular formula is C32H32Cl2N2O3. The average molecular weight is 564 g/mol. The van der Waals surface area contributed by atoms with Gasteiger partial charge in [-0.3, -0.25) is 14.5 Å². The van der Waals surface area contributed by atoms with Gasteiger partial charge in [-0.25, -0.2) is 0 Å². The number of fused-ring (bicyclic) bond motifs is 1. The fourth-order valence-corrected chi connectivity index (χ4v) is 5.91. The van der Waals surface area contributed by atoms with Crippen LogP contribution in [0.3, 0.4) is 0 Å². The minimum atomic E-state index is -0.575. The second kappa shape index (κ2) is 11.8. The predicted octanol–water partition coefficient (Wildman–Crippen LogP) is 8.48. The molecule has 39 heavy (non-hydrogen) atoms. The number of allylic oxidation sites excluding steroid dienone is 1. The number of Topliss-reactive ketones (excluding diaryl/α,β-unsaturated/α-hetero) is 1. The minimum absolute atomic E-state index is 0.00743. The highest BCUT2D eigenvalue weighted by atomic mass is 35.5. The van der Waals surface area contributed by atoms with Gasteiger partial charge in [-0.1, -0.05) is 67.2 Å². The maximum atomic E-state index is 14.1. The molecule has 0 fully saturated rings. The number of halogens is 2. The number of hydrogen-bond acceptors (Lipinski definition) is 4. The third-order valence-corrected chi connectivity index (χ3v) is 8.07. The number of benzene rings is 3. The predicted molar refractivity (Wildman–Crippen MR) is 158 cm³/mol. The van der Waals surface area contributed by atoms with E-state index in [4.69, 9.17) is 27.9 Å². The second-order valence-corrected chi connectivity index (χ2v) is 11.0. The van der Waals surface area contributed by atoms with Gasteiger partial charge in [0.15, 0.2) is 5.78 Å². The van der Waals surface area contributed by atoms with Crippen molar-refractivity contribution >= 4 is 46.3 Å². The van der Waals surface area contributed by atoms with Gasteiger partial charge in [0.2, 0.25) is 5.91 Å². The first-order valence-electron chi connectivity index (χ1n) is 13.4. The lowest BCUT2D eigenvalue weighted by Gasteiger charge is -2.35. The lowest BCUT2D eigenvalue weighted by molar-refractivity contribution is -0.119. The Balaban J connectivity index is 1.67. The highest BCUT2D eigenvalue weighted by molar-refractivity contribution is 6.31. The van der Waals surface area contributed by atoms with Gasteiger partial charge in [0, 0.05) is 34.2 Å². The third-order valence-electron chi connectivity index (χ3n) is 7.58. The topological polar surface area (TPSA) is 58.6 Å². The molecule has 3 aromatic rings. The maximum absolute atomic E-state index is 14.1. The normalized spacial score (nSPS) is 18.7. The van der Waals surface area contributed by atoms with Crippen LogP contribution in [-0.2, 0) is 9.59 Å². The van der Waals surface area contributed by atoms with E-state index in [9.17, 15) is 9.59 Å². The van der Waals surface area contributed by atoms with Crippen LogP contribution >= 0.6 is 23.2 Å². The number of methoxy groups -OCH3 is 1. The number of hydrogen-bond donors (Lipinski definition) is 1. The smallest absolute Gasteiger partial charge is 0.227 e. The third kappa shape index (κ3) is 5.70. The first kappa shape index (κ1) is 27.3. The molecule has 7 heteroatoms. The molecule has 5 nitrogen and oxygen atoms in total. The SMILES string of the molecule is CCCCCC(=O)N1c2ccc(Cl)cc2NC2=C(C(=O)C[C@H](c3ccc(Cl)cc3)C2)[C@@H]1c1ccc(OC)cc1. The van der Waals surface area contributed by atoms with Crippen molar-refractivity contribution < 1.29 is 14.3 Å². The van der Waals surface area contributed by atoms with E-state index in [0.29, 0.717) is 46.3 Å². The number of anilines is 2. The molecule has 202 valence electrons. The minimum Gasteiger partial charge on any atom is -0.497 e. The molecule has 1 aliphatic carbocycles. The summed E-state index contributed by atoms with van der Waals surface area (Å²) < 4.78 is 5.39. The highest BCUT2D eigenvalue weighted by Gasteiger charge is 2.41. The number of nitrogens with zero attached hydrogens (tertiary/aromatic N) is 1. The number of carbonyl (C=O) groups is 2. The molecule has 1 heterocycles. The monoisotopic (exact) mass is 562 g/mol. The zero-order chi connectivity index (χ0) is 27.5. The Morgan fingerprint density at radius 2 is 1.64 bits per heavy atom. The van der Waals surface area contributed by atoms with Crippen LogP contribution in [0, 0.1) is 0 Å². The Hall–Kier alpha value is -3.28. The van der Waals surface area contributed by atoms with Crippen LogP contribution in [-0.4, -0.2) is 18.8 Å². The van der Waals surface area contributed by atoms with Crippen molar-refractivity contribution in [3.63, 3.8) is 0 Å². The van der Waals surface area contributed by atoms with Crippen molar-refractivity contribution in [1.29, 1.82) is 0 Å². The number of amides is 1. The number of rotatable bonds is 7. The number of ketones is 1. The summed E-state index contributed by atoms with van der Waals surface area (Å²) in [4.78, 5) is 29.9. The van der Waals surface area contributed by atoms with E-state index in [2.05, 4.69) is 12.2 Å². The quantitative estimate of drug-likeness (QED) is 0.293. The molecule has 0 bridgehead atoms. The molecule has 1 aliphatic heterocycles. The van der Waals surface area contributed by atoms with Crippen molar-refractivity contribution in [1.82, 2.24) is 0 Å². The summed E-state index contributed by atoms with van der Waals surface area (Å²) in [5.41, 5.74) is 4.80. The molecule has 5 rings (SSSR count). The van der Waals surface area contributed by atoms with Crippen LogP contribution in [0.1, 0.15) is 68.5 Å². The number of carbonyl (C=O) groups excluding carboxylic acids is 2. The molecule has 2 atom stereocenters. The lowest BCUT2D eigenvalue weighted by atomic mass is 9.78. The van der Waals surface area contributed by atoms with Crippen molar-refractivity contribution in [2.75, 3.05) is 17.3 Å². The first-order valence-corrected chi connectivity index (χ1v) is 14.2. The van der Waals surface area contributed by atoms with E-state index >= 15 is 0 Å². The maximum Gasteiger partial charge on any atom is 0.227 e. The molecule has 2 aliphatic rings. The lowest BCUT2D eigenvalue weighted by Crippen LogP contribution is -2.38. The van der Waals surface area contributed by atoms with Gasteiger partial charge < -0.3 is 10.1 Å². The summed E-state index contributed by atoms with van der Waals surface area (Å²) in [6, 6.07) is 20.3. The molecular weight excluding hydrogens is 531 g/mol. The van der Waals surface area contributed by atoms with Crippen LogP contribution in [0.25, 0.3) is 0 Å². The van der Waals surface area contributed by atoms with Crippen LogP contribution < -0.4 is 15.0 Å². The molecule has 0 spiro atoms. The van der Waals surface area contributed by atoms with Gasteiger partial charge in [-0.2, -0.15) is 0 Å². The Morgan fingerprint density at radius 3 is 2.33 bits per heavy atom. The fraction of sp³-hybridized carbons (Fsp3) is 0.312. The molecule has 1 amide bonds. The van der Waals surface area contributed by atoms with Crippen molar-refractivity contribution in [2.45, 2.75) is 57.4 Å². The first-order chi connectivity index (χ1) is 18.9. The van der Waals surface area contributed by atoms with E-state index in [1.807, 2.05) is 60.7 Å². The van der Waals surface area contributed by atoms with Gasteiger partial charge in [-0.15, -0.1) is 0 Å². The van der Waals surface area contributed by atoms with Crippen LogP contribution in [0.15, 0.2) is 78.0 Å². The number of nitrogens with one attached hydrogen (secondary N) is 1. The Bertz CT molecular complexity index is 1400. The summed E-state index contributed by atoms with van der Waals surface area (Å²) in [6.07, 6.45) is 4.14. The molecule has 0 aromatic heterocycles. The van der Waals surface area contributed by atoms with Gasteiger partial charge in [0.1, 0.15) is 5.75 Å². The second-order valence-electron chi connectivity index (χ2n) is 10.2. The molecule has 1 N–H and O–H groups in total. The van der Waals surface area contributed by atoms with Crippen molar-refractivity contribution in [2.24, 2.45) is 0 Å². The molecule has 0 saturated carbocycles. The molecule has 0 unspecified atom stereocenters. The summed E-state index contributed by atoms with van der Waals surface area (Å²) in [6.45, 7) is 2.12. The van der Waals surface area contributed by atoms with Crippen LogP contribution in [0.4, 0.5) is 11.4 Å². The molecule has 3 aromatic carbocycles. The van der Waals surface area contributed by atoms with E-state index in [0.717, 1.165) is 41.8 Å². The van der Waals surface area contributed by atoms with E-state index in [1.54, 1.807) is 18.1 Å². The van der Waals surface area contributed by atoms with E-state index in [-0.39, 0.29) is 17.6 Å². The van der Waals surface area contributed by atoms with Crippen molar-refractivity contribution in [3.05, 3.63) is 99.2 Å². The van der Waals surface area contributed by atoms with Crippen molar-refractivity contribution in [3.8, 4) is 5.75 Å². The summed E-state index contributed by atoms with van der Waals surface area (Å²) in [5.74, 6) is 0.711.